The molecule has 1 rings (SSSR count). The summed E-state index contributed by atoms with van der Waals surface area (Å²) in [5, 5.41) is 2.88. The largest absolute Gasteiger partial charge is 0.378 e. The molecule has 0 fully saturated rings. The average Bonchev–Trinajstić information content (AvgIpc) is 2.07. The van der Waals surface area contributed by atoms with Gasteiger partial charge in [-0.25, -0.2) is 4.98 Å². The van der Waals surface area contributed by atoms with Crippen LogP contribution >= 0.6 is 0 Å². The van der Waals surface area contributed by atoms with E-state index in [4.69, 9.17) is 4.74 Å². The molecule has 0 atom stereocenters. The van der Waals surface area contributed by atoms with Gasteiger partial charge >= 0.3 is 0 Å². The highest BCUT2D eigenvalue weighted by Gasteiger charge is 1.93. The van der Waals surface area contributed by atoms with E-state index in [1.54, 1.807) is 26.6 Å². The van der Waals surface area contributed by atoms with Crippen molar-refractivity contribution >= 4 is 5.82 Å². The van der Waals surface area contributed by atoms with E-state index < -0.39 is 0 Å². The molecule has 1 aromatic heterocycles. The maximum Gasteiger partial charge on any atom is 0.144 e. The standard InChI is InChI=1S/C7H11N3O/c1-8-7-4-9-6(3-10-7)5-11-2/h3-4H,5H2,1-2H3,(H,8,10). The first-order valence-electron chi connectivity index (χ1n) is 3.34. The molecule has 0 amide bonds. The van der Waals surface area contributed by atoms with Crippen molar-refractivity contribution in [2.45, 2.75) is 6.61 Å². The number of hydrogen-bond acceptors (Lipinski definition) is 4. The van der Waals surface area contributed by atoms with Crippen molar-refractivity contribution in [3.8, 4) is 0 Å². The Labute approximate surface area is 65.6 Å². The Morgan fingerprint density at radius 3 is 2.73 bits per heavy atom. The second kappa shape index (κ2) is 3.88. The molecular weight excluding hydrogens is 142 g/mol. The number of ether oxygens (including phenoxy) is 1. The SMILES string of the molecule is CNc1cnc(COC)cn1. The zero-order valence-corrected chi connectivity index (χ0v) is 6.66. The molecule has 0 bridgehead atoms. The predicted octanol–water partition coefficient (Wildman–Crippen LogP) is 0.665. The molecule has 4 heteroatoms. The molecule has 0 spiro atoms. The van der Waals surface area contributed by atoms with Crippen molar-refractivity contribution in [1.29, 1.82) is 0 Å². The first-order valence-corrected chi connectivity index (χ1v) is 3.34. The predicted molar refractivity (Wildman–Crippen MR) is 42.3 cm³/mol. The molecule has 11 heavy (non-hydrogen) atoms. The molecular formula is C7H11N3O. The van der Waals surface area contributed by atoms with Gasteiger partial charge in [-0.2, -0.15) is 0 Å². The normalized spacial score (nSPS) is 9.64. The second-order valence-corrected chi connectivity index (χ2v) is 2.08. The fraction of sp³-hybridized carbons (Fsp3) is 0.429. The van der Waals surface area contributed by atoms with E-state index in [1.165, 1.54) is 0 Å². The van der Waals surface area contributed by atoms with Crippen molar-refractivity contribution < 1.29 is 4.74 Å². The first-order chi connectivity index (χ1) is 5.36. The number of aromatic nitrogens is 2. The highest BCUT2D eigenvalue weighted by atomic mass is 16.5. The van der Waals surface area contributed by atoms with Crippen LogP contribution in [0.2, 0.25) is 0 Å². The van der Waals surface area contributed by atoms with Crippen LogP contribution in [0.1, 0.15) is 5.69 Å². The van der Waals surface area contributed by atoms with Gasteiger partial charge in [-0.05, 0) is 0 Å². The van der Waals surface area contributed by atoms with Gasteiger partial charge in [-0.15, -0.1) is 0 Å². The number of methoxy groups -OCH3 is 1. The zero-order chi connectivity index (χ0) is 8.10. The van der Waals surface area contributed by atoms with Crippen LogP contribution in [-0.4, -0.2) is 24.1 Å². The molecule has 0 aliphatic heterocycles. The summed E-state index contributed by atoms with van der Waals surface area (Å²) in [5.41, 5.74) is 0.839. The van der Waals surface area contributed by atoms with Crippen LogP contribution in [0.25, 0.3) is 0 Å². The van der Waals surface area contributed by atoms with E-state index in [-0.39, 0.29) is 0 Å². The molecule has 60 valence electrons. The Bertz CT molecular complexity index is 209. The monoisotopic (exact) mass is 153 g/mol. The molecule has 1 heterocycles. The van der Waals surface area contributed by atoms with Crippen LogP contribution in [0.5, 0.6) is 0 Å². The first kappa shape index (κ1) is 7.94. The van der Waals surface area contributed by atoms with Gasteiger partial charge in [-0.3, -0.25) is 4.98 Å². The zero-order valence-electron chi connectivity index (χ0n) is 6.66. The van der Waals surface area contributed by atoms with Gasteiger partial charge in [-0.1, -0.05) is 0 Å². The van der Waals surface area contributed by atoms with Crippen molar-refractivity contribution in [2.24, 2.45) is 0 Å². The fourth-order valence-electron chi connectivity index (χ4n) is 0.706. The quantitative estimate of drug-likeness (QED) is 0.693. The smallest absolute Gasteiger partial charge is 0.144 e. The van der Waals surface area contributed by atoms with Crippen LogP contribution in [0.3, 0.4) is 0 Å². The number of nitrogens with one attached hydrogen (secondary N) is 1. The van der Waals surface area contributed by atoms with Crippen LogP contribution < -0.4 is 5.32 Å². The van der Waals surface area contributed by atoms with Crippen molar-refractivity contribution in [3.63, 3.8) is 0 Å². The van der Waals surface area contributed by atoms with E-state index in [9.17, 15) is 0 Å². The summed E-state index contributed by atoms with van der Waals surface area (Å²) in [4.78, 5) is 8.15. The van der Waals surface area contributed by atoms with Crippen LogP contribution in [0.4, 0.5) is 5.82 Å². The molecule has 1 aromatic rings. The van der Waals surface area contributed by atoms with Crippen molar-refractivity contribution in [1.82, 2.24) is 9.97 Å². The van der Waals surface area contributed by atoms with E-state index in [2.05, 4.69) is 15.3 Å². The fourth-order valence-corrected chi connectivity index (χ4v) is 0.706. The van der Waals surface area contributed by atoms with Crippen LogP contribution in [-0.2, 0) is 11.3 Å². The van der Waals surface area contributed by atoms with Gasteiger partial charge in [0.2, 0.25) is 0 Å². The third kappa shape index (κ3) is 2.16. The summed E-state index contributed by atoms with van der Waals surface area (Å²) in [7, 11) is 3.44. The second-order valence-electron chi connectivity index (χ2n) is 2.08. The number of anilines is 1. The summed E-state index contributed by atoms with van der Waals surface area (Å²) >= 11 is 0. The van der Waals surface area contributed by atoms with Crippen molar-refractivity contribution in [2.75, 3.05) is 19.5 Å². The van der Waals surface area contributed by atoms with Gasteiger partial charge in [0.15, 0.2) is 0 Å². The summed E-state index contributed by atoms with van der Waals surface area (Å²) in [5.74, 6) is 0.768. The minimum Gasteiger partial charge on any atom is -0.378 e. The van der Waals surface area contributed by atoms with Gasteiger partial charge in [0.05, 0.1) is 24.7 Å². The lowest BCUT2D eigenvalue weighted by Gasteiger charge is -1.99. The highest BCUT2D eigenvalue weighted by Crippen LogP contribution is 1.99. The number of rotatable bonds is 3. The molecule has 0 unspecified atom stereocenters. The van der Waals surface area contributed by atoms with E-state index >= 15 is 0 Å². The van der Waals surface area contributed by atoms with Crippen LogP contribution in [0.15, 0.2) is 12.4 Å². The highest BCUT2D eigenvalue weighted by molar-refractivity contribution is 5.29. The minimum absolute atomic E-state index is 0.511. The molecule has 0 saturated carbocycles. The maximum absolute atomic E-state index is 4.88. The lowest BCUT2D eigenvalue weighted by atomic mass is 10.5. The van der Waals surface area contributed by atoms with E-state index in [0.29, 0.717) is 6.61 Å². The molecule has 0 radical (unpaired) electrons. The Morgan fingerprint density at radius 2 is 2.27 bits per heavy atom. The topological polar surface area (TPSA) is 47.0 Å². The summed E-state index contributed by atoms with van der Waals surface area (Å²) in [6, 6.07) is 0. The molecule has 4 nitrogen and oxygen atoms in total. The third-order valence-corrected chi connectivity index (χ3v) is 1.25. The Balaban J connectivity index is 2.66. The maximum atomic E-state index is 4.88. The Hall–Kier alpha value is -1.16. The number of hydrogen-bond donors (Lipinski definition) is 1. The molecule has 0 aliphatic carbocycles. The van der Waals surface area contributed by atoms with Gasteiger partial charge < -0.3 is 10.1 Å². The summed E-state index contributed by atoms with van der Waals surface area (Å²) in [6.45, 7) is 0.511. The Morgan fingerprint density at radius 1 is 1.45 bits per heavy atom. The van der Waals surface area contributed by atoms with E-state index in [1.807, 2.05) is 0 Å². The summed E-state index contributed by atoms with van der Waals surface area (Å²) < 4.78 is 4.88. The lowest BCUT2D eigenvalue weighted by Crippen LogP contribution is -1.97. The molecule has 1 N–H and O–H groups in total. The minimum atomic E-state index is 0.511. The lowest BCUT2D eigenvalue weighted by molar-refractivity contribution is 0.181. The molecule has 0 aliphatic rings. The van der Waals surface area contributed by atoms with Crippen molar-refractivity contribution in [3.05, 3.63) is 18.1 Å². The van der Waals surface area contributed by atoms with E-state index in [0.717, 1.165) is 11.5 Å². The van der Waals surface area contributed by atoms with Gasteiger partial charge in [0.25, 0.3) is 0 Å². The van der Waals surface area contributed by atoms with Gasteiger partial charge in [0.1, 0.15) is 5.82 Å². The Kier molecular flexibility index (Phi) is 2.80. The summed E-state index contributed by atoms with van der Waals surface area (Å²) in [6.07, 6.45) is 3.36. The van der Waals surface area contributed by atoms with Gasteiger partial charge in [0, 0.05) is 14.2 Å². The molecule has 0 saturated heterocycles. The van der Waals surface area contributed by atoms with Crippen LogP contribution in [0, 0.1) is 0 Å². The number of nitrogens with zero attached hydrogens (tertiary/aromatic N) is 2. The third-order valence-electron chi connectivity index (χ3n) is 1.25. The molecule has 0 aromatic carbocycles. The average molecular weight is 153 g/mol.